The van der Waals surface area contributed by atoms with Crippen LogP contribution in [-0.2, 0) is 29.4 Å². The Morgan fingerprint density at radius 2 is 1.59 bits per heavy atom. The summed E-state index contributed by atoms with van der Waals surface area (Å²) < 4.78 is 53.9. The molecule has 0 spiro atoms. The van der Waals surface area contributed by atoms with Gasteiger partial charge in [-0.25, -0.2) is 21.5 Å². The highest BCUT2D eigenvalue weighted by molar-refractivity contribution is 7.89. The maximum atomic E-state index is 13.8. The SMILES string of the molecule is CCc1cccc(CNCC(O)C(Cc2cc(F)cc(F)c2)NC(=O)c2ccc(S(=O)(=O)N(C)CC)cc2)c1. The summed E-state index contributed by atoms with van der Waals surface area (Å²) in [5, 5.41) is 16.9. The number of sulfonamides is 1. The first-order valence-corrected chi connectivity index (χ1v) is 14.3. The van der Waals surface area contributed by atoms with Crippen LogP contribution < -0.4 is 10.6 Å². The fourth-order valence-corrected chi connectivity index (χ4v) is 5.29. The van der Waals surface area contributed by atoms with Crippen LogP contribution in [0.1, 0.15) is 40.9 Å². The molecule has 3 aromatic rings. The van der Waals surface area contributed by atoms with Crippen LogP contribution in [0, 0.1) is 11.6 Å². The number of nitrogens with zero attached hydrogens (tertiary/aromatic N) is 1. The molecule has 0 radical (unpaired) electrons. The van der Waals surface area contributed by atoms with Gasteiger partial charge in [0.05, 0.1) is 17.0 Å². The smallest absolute Gasteiger partial charge is 0.251 e. The fourth-order valence-electron chi connectivity index (χ4n) is 4.11. The first kappa shape index (κ1) is 30.4. The zero-order valence-corrected chi connectivity index (χ0v) is 23.1. The number of nitrogens with one attached hydrogen (secondary N) is 2. The van der Waals surface area contributed by atoms with Crippen LogP contribution in [0.25, 0.3) is 0 Å². The van der Waals surface area contributed by atoms with Crippen LogP contribution in [0.2, 0.25) is 0 Å². The zero-order valence-electron chi connectivity index (χ0n) is 22.3. The Labute approximate surface area is 228 Å². The molecule has 3 rings (SSSR count). The molecule has 7 nitrogen and oxygen atoms in total. The van der Waals surface area contributed by atoms with Crippen molar-refractivity contribution in [1.82, 2.24) is 14.9 Å². The van der Waals surface area contributed by atoms with Crippen molar-refractivity contribution in [2.75, 3.05) is 20.1 Å². The molecule has 0 saturated carbocycles. The van der Waals surface area contributed by atoms with Gasteiger partial charge in [-0.1, -0.05) is 38.1 Å². The second kappa shape index (κ2) is 13.7. The maximum absolute atomic E-state index is 13.8. The van der Waals surface area contributed by atoms with E-state index >= 15 is 0 Å². The third kappa shape index (κ3) is 8.40. The lowest BCUT2D eigenvalue weighted by Crippen LogP contribution is -2.48. The van der Waals surface area contributed by atoms with Crippen LogP contribution in [0.15, 0.2) is 71.6 Å². The molecule has 0 saturated heterocycles. The summed E-state index contributed by atoms with van der Waals surface area (Å²) in [5.74, 6) is -2.07. The van der Waals surface area contributed by atoms with Gasteiger partial charge in [-0.3, -0.25) is 4.79 Å². The zero-order chi connectivity index (χ0) is 28.6. The van der Waals surface area contributed by atoms with Gasteiger partial charge in [0.1, 0.15) is 11.6 Å². The minimum absolute atomic E-state index is 0.0255. The second-order valence-electron chi connectivity index (χ2n) is 9.38. The monoisotopic (exact) mass is 559 g/mol. The molecule has 3 N–H and O–H groups in total. The Bertz CT molecular complexity index is 1350. The van der Waals surface area contributed by atoms with Gasteiger partial charge < -0.3 is 15.7 Å². The lowest BCUT2D eigenvalue weighted by atomic mass is 10.00. The molecule has 0 aliphatic rings. The number of hydrogen-bond acceptors (Lipinski definition) is 5. The van der Waals surface area contributed by atoms with Crippen molar-refractivity contribution in [3.63, 3.8) is 0 Å². The molecule has 210 valence electrons. The average molecular weight is 560 g/mol. The molecule has 0 fully saturated rings. The highest BCUT2D eigenvalue weighted by Gasteiger charge is 2.24. The Kier molecular flexibility index (Phi) is 10.7. The number of hydrogen-bond donors (Lipinski definition) is 3. The number of rotatable bonds is 13. The number of carbonyl (C=O) groups excluding carboxylic acids is 1. The molecule has 10 heteroatoms. The van der Waals surface area contributed by atoms with E-state index in [4.69, 9.17) is 0 Å². The predicted octanol–water partition coefficient (Wildman–Crippen LogP) is 3.66. The molecule has 1 amide bonds. The average Bonchev–Trinajstić information content (AvgIpc) is 2.91. The van der Waals surface area contributed by atoms with Gasteiger partial charge in [0.15, 0.2) is 0 Å². The van der Waals surface area contributed by atoms with E-state index in [1.807, 2.05) is 18.2 Å². The summed E-state index contributed by atoms with van der Waals surface area (Å²) in [7, 11) is -2.21. The summed E-state index contributed by atoms with van der Waals surface area (Å²) >= 11 is 0. The number of aliphatic hydroxyl groups excluding tert-OH is 1. The Morgan fingerprint density at radius 1 is 0.949 bits per heavy atom. The largest absolute Gasteiger partial charge is 0.390 e. The Balaban J connectivity index is 1.74. The third-order valence-electron chi connectivity index (χ3n) is 6.51. The van der Waals surface area contributed by atoms with Crippen molar-refractivity contribution in [2.45, 2.75) is 50.3 Å². The van der Waals surface area contributed by atoms with E-state index in [2.05, 4.69) is 23.6 Å². The van der Waals surface area contributed by atoms with Gasteiger partial charge in [0, 0.05) is 38.3 Å². The van der Waals surface area contributed by atoms with Crippen molar-refractivity contribution in [3.8, 4) is 0 Å². The van der Waals surface area contributed by atoms with Crippen LogP contribution in [0.4, 0.5) is 8.78 Å². The van der Waals surface area contributed by atoms with Crippen molar-refractivity contribution >= 4 is 15.9 Å². The van der Waals surface area contributed by atoms with E-state index in [1.165, 1.54) is 41.2 Å². The van der Waals surface area contributed by atoms with Gasteiger partial charge in [0.2, 0.25) is 10.0 Å². The molecule has 39 heavy (non-hydrogen) atoms. The van der Waals surface area contributed by atoms with E-state index < -0.39 is 39.7 Å². The highest BCUT2D eigenvalue weighted by Crippen LogP contribution is 2.16. The fraction of sp³-hybridized carbons (Fsp3) is 0.345. The summed E-state index contributed by atoms with van der Waals surface area (Å²) in [6.45, 7) is 4.67. The van der Waals surface area contributed by atoms with E-state index in [9.17, 15) is 27.1 Å². The topological polar surface area (TPSA) is 98.7 Å². The van der Waals surface area contributed by atoms with Crippen molar-refractivity contribution in [3.05, 3.63) is 101 Å². The second-order valence-corrected chi connectivity index (χ2v) is 11.4. The van der Waals surface area contributed by atoms with Crippen molar-refractivity contribution in [1.29, 1.82) is 0 Å². The van der Waals surface area contributed by atoms with Gasteiger partial charge in [-0.05, 0) is 65.9 Å². The molecular weight excluding hydrogens is 524 g/mol. The molecular formula is C29H35F2N3O4S. The number of benzene rings is 3. The molecule has 0 heterocycles. The Hall–Kier alpha value is -3.18. The van der Waals surface area contributed by atoms with Crippen LogP contribution in [0.3, 0.4) is 0 Å². The van der Waals surface area contributed by atoms with Gasteiger partial charge in [-0.2, -0.15) is 0 Å². The van der Waals surface area contributed by atoms with E-state index in [-0.39, 0.29) is 29.0 Å². The number of halogens is 2. The number of aryl methyl sites for hydroxylation is 1. The molecule has 0 bridgehead atoms. The summed E-state index contributed by atoms with van der Waals surface area (Å²) in [5.41, 5.74) is 2.68. The minimum Gasteiger partial charge on any atom is -0.390 e. The lowest BCUT2D eigenvalue weighted by molar-refractivity contribution is 0.0829. The number of carbonyl (C=O) groups is 1. The van der Waals surface area contributed by atoms with Crippen molar-refractivity contribution < 1.29 is 27.1 Å². The predicted molar refractivity (Wildman–Crippen MR) is 147 cm³/mol. The Morgan fingerprint density at radius 3 is 2.21 bits per heavy atom. The quantitative estimate of drug-likeness (QED) is 0.297. The maximum Gasteiger partial charge on any atom is 0.251 e. The molecule has 2 unspecified atom stereocenters. The van der Waals surface area contributed by atoms with Crippen LogP contribution in [-0.4, -0.2) is 56.0 Å². The van der Waals surface area contributed by atoms with Gasteiger partial charge >= 0.3 is 0 Å². The van der Waals surface area contributed by atoms with Gasteiger partial charge in [0.25, 0.3) is 5.91 Å². The van der Waals surface area contributed by atoms with Gasteiger partial charge in [-0.15, -0.1) is 0 Å². The van der Waals surface area contributed by atoms with E-state index in [0.29, 0.717) is 13.1 Å². The summed E-state index contributed by atoms with van der Waals surface area (Å²) in [6, 6.07) is 15.7. The number of amides is 1. The first-order chi connectivity index (χ1) is 18.5. The molecule has 0 aliphatic heterocycles. The minimum atomic E-state index is -3.67. The number of aliphatic hydroxyl groups is 1. The lowest BCUT2D eigenvalue weighted by Gasteiger charge is -2.25. The molecule has 2 atom stereocenters. The molecule has 0 aromatic heterocycles. The van der Waals surface area contributed by atoms with Crippen molar-refractivity contribution in [2.24, 2.45) is 0 Å². The highest BCUT2D eigenvalue weighted by atomic mass is 32.2. The van der Waals surface area contributed by atoms with E-state index in [1.54, 1.807) is 6.92 Å². The molecule has 0 aliphatic carbocycles. The normalized spacial score (nSPS) is 13.3. The third-order valence-corrected chi connectivity index (χ3v) is 8.46. The standard InChI is InChI=1S/C29H35F2N3O4S/c1-4-20-7-6-8-21(13-20)18-32-19-28(35)27(16-22-14-24(30)17-25(31)15-22)33-29(36)23-9-11-26(12-10-23)39(37,38)34(3)5-2/h6-15,17,27-28,32,35H,4-5,16,18-19H2,1-3H3,(H,33,36). The van der Waals surface area contributed by atoms with E-state index in [0.717, 1.165) is 30.2 Å². The summed E-state index contributed by atoms with van der Waals surface area (Å²) in [4.78, 5) is 13.1. The van der Waals surface area contributed by atoms with Crippen LogP contribution >= 0.6 is 0 Å². The van der Waals surface area contributed by atoms with Crippen LogP contribution in [0.5, 0.6) is 0 Å². The molecule has 3 aromatic carbocycles. The first-order valence-electron chi connectivity index (χ1n) is 12.8. The summed E-state index contributed by atoms with van der Waals surface area (Å²) in [6.07, 6.45) is -0.216.